The number of nitrogens with one attached hydrogen (secondary N) is 1. The molecule has 2 heterocycles. The minimum atomic E-state index is -0.305. The molecule has 1 saturated carbocycles. The Morgan fingerprint density at radius 2 is 1.85 bits per heavy atom. The quantitative estimate of drug-likeness (QED) is 0.854. The summed E-state index contributed by atoms with van der Waals surface area (Å²) >= 11 is 0. The van der Waals surface area contributed by atoms with Crippen LogP contribution in [0, 0.1) is 11.3 Å². The lowest BCUT2D eigenvalue weighted by Crippen LogP contribution is -2.52. The normalized spacial score (nSPS) is 23.1. The van der Waals surface area contributed by atoms with E-state index in [0.29, 0.717) is 0 Å². The lowest BCUT2D eigenvalue weighted by Gasteiger charge is -2.42. The molecule has 1 aliphatic carbocycles. The molecule has 0 radical (unpaired) electrons. The zero-order valence-corrected chi connectivity index (χ0v) is 16.2. The highest BCUT2D eigenvalue weighted by Crippen LogP contribution is 2.37. The molecule has 2 fully saturated rings. The van der Waals surface area contributed by atoms with Crippen LogP contribution in [0.3, 0.4) is 0 Å². The second-order valence-corrected chi connectivity index (χ2v) is 8.25. The topological polar surface area (TPSA) is 45.2 Å². The number of nitrogens with zero attached hydrogens (tertiary/aromatic N) is 2. The molecule has 1 N–H and O–H groups in total. The number of carbonyl (C=O) groups is 1. The summed E-state index contributed by atoms with van der Waals surface area (Å²) in [4.78, 5) is 19.5. The summed E-state index contributed by atoms with van der Waals surface area (Å²) in [6, 6.07) is 12.7. The van der Waals surface area contributed by atoms with E-state index >= 15 is 0 Å². The lowest BCUT2D eigenvalue weighted by molar-refractivity contribution is -0.134. The molecular formula is C23H29N3O. The van der Waals surface area contributed by atoms with E-state index in [1.54, 1.807) is 7.05 Å². The monoisotopic (exact) mass is 363 g/mol. The van der Waals surface area contributed by atoms with E-state index in [9.17, 15) is 4.79 Å². The molecule has 0 bridgehead atoms. The van der Waals surface area contributed by atoms with E-state index in [1.807, 2.05) is 24.5 Å². The van der Waals surface area contributed by atoms with Crippen LogP contribution in [0.4, 0.5) is 0 Å². The maximum Gasteiger partial charge on any atom is 0.227 e. The smallest absolute Gasteiger partial charge is 0.227 e. The summed E-state index contributed by atoms with van der Waals surface area (Å²) in [5, 5.41) is 2.95. The van der Waals surface area contributed by atoms with Gasteiger partial charge in [-0.2, -0.15) is 0 Å². The molecular weight excluding hydrogens is 334 g/mol. The molecule has 4 heteroatoms. The van der Waals surface area contributed by atoms with Gasteiger partial charge in [-0.3, -0.25) is 9.78 Å². The van der Waals surface area contributed by atoms with Crippen molar-refractivity contribution in [2.45, 2.75) is 32.1 Å². The molecule has 1 aliphatic heterocycles. The van der Waals surface area contributed by atoms with Crippen molar-refractivity contribution < 1.29 is 4.79 Å². The van der Waals surface area contributed by atoms with Crippen molar-refractivity contribution in [1.29, 1.82) is 0 Å². The van der Waals surface area contributed by atoms with Crippen LogP contribution >= 0.6 is 0 Å². The standard InChI is InChI=1S/C23H29N3O/c1-24-22(27)23(11-2-14-26(17-23)16-19-3-4-19)15-18-5-7-20(8-6-18)21-9-12-25-13-10-21/h5-10,12-13,19H,2-4,11,14-17H2,1H3,(H,24,27)/t23-/m0/s1. The highest BCUT2D eigenvalue weighted by Gasteiger charge is 2.42. The minimum Gasteiger partial charge on any atom is -0.359 e. The molecule has 0 unspecified atom stereocenters. The fourth-order valence-corrected chi connectivity index (χ4v) is 4.47. The van der Waals surface area contributed by atoms with E-state index in [-0.39, 0.29) is 11.3 Å². The number of rotatable bonds is 6. The Morgan fingerprint density at radius 3 is 2.52 bits per heavy atom. The number of amides is 1. The van der Waals surface area contributed by atoms with Crippen LogP contribution in [-0.2, 0) is 11.2 Å². The summed E-state index contributed by atoms with van der Waals surface area (Å²) in [5.41, 5.74) is 3.30. The summed E-state index contributed by atoms with van der Waals surface area (Å²) in [7, 11) is 1.77. The number of carbonyl (C=O) groups excluding carboxylic acids is 1. The summed E-state index contributed by atoms with van der Waals surface area (Å²) in [5.74, 6) is 1.06. The molecule has 1 atom stereocenters. The van der Waals surface area contributed by atoms with E-state index in [1.165, 1.54) is 36.1 Å². The Hall–Kier alpha value is -2.20. The molecule has 2 aromatic rings. The van der Waals surface area contributed by atoms with Gasteiger partial charge >= 0.3 is 0 Å². The Balaban J connectivity index is 1.52. The summed E-state index contributed by atoms with van der Waals surface area (Å²) in [6.45, 7) is 3.19. The van der Waals surface area contributed by atoms with E-state index in [0.717, 1.165) is 38.3 Å². The van der Waals surface area contributed by atoms with Gasteiger partial charge in [-0.1, -0.05) is 24.3 Å². The number of piperidine rings is 1. The second kappa shape index (κ2) is 7.81. The van der Waals surface area contributed by atoms with Crippen molar-refractivity contribution in [3.05, 3.63) is 54.4 Å². The average Bonchev–Trinajstić information content (AvgIpc) is 3.53. The largest absolute Gasteiger partial charge is 0.359 e. The molecule has 0 spiro atoms. The molecule has 1 aromatic carbocycles. The van der Waals surface area contributed by atoms with E-state index < -0.39 is 0 Å². The molecule has 4 nitrogen and oxygen atoms in total. The van der Waals surface area contributed by atoms with Crippen LogP contribution in [0.15, 0.2) is 48.8 Å². The molecule has 1 aromatic heterocycles. The van der Waals surface area contributed by atoms with Crippen molar-refractivity contribution >= 4 is 5.91 Å². The van der Waals surface area contributed by atoms with Crippen LogP contribution in [0.1, 0.15) is 31.2 Å². The average molecular weight is 364 g/mol. The van der Waals surface area contributed by atoms with Crippen molar-refractivity contribution in [3.8, 4) is 11.1 Å². The molecule has 1 saturated heterocycles. The highest BCUT2D eigenvalue weighted by atomic mass is 16.2. The number of likely N-dealkylation sites (tertiary alicyclic amines) is 1. The van der Waals surface area contributed by atoms with Crippen LogP contribution in [0.25, 0.3) is 11.1 Å². The Kier molecular flexibility index (Phi) is 5.26. The maximum atomic E-state index is 12.9. The van der Waals surface area contributed by atoms with Gasteiger partial charge in [0.25, 0.3) is 0 Å². The van der Waals surface area contributed by atoms with Crippen LogP contribution in [-0.4, -0.2) is 42.5 Å². The van der Waals surface area contributed by atoms with Gasteiger partial charge in [0.15, 0.2) is 0 Å². The summed E-state index contributed by atoms with van der Waals surface area (Å²) in [6.07, 6.45) is 9.25. The van der Waals surface area contributed by atoms with Gasteiger partial charge in [0, 0.05) is 32.5 Å². The van der Waals surface area contributed by atoms with Gasteiger partial charge in [-0.25, -0.2) is 0 Å². The SMILES string of the molecule is CNC(=O)[C@]1(Cc2ccc(-c3ccncc3)cc2)CCCN(CC2CC2)C1. The molecule has 27 heavy (non-hydrogen) atoms. The Labute approximate surface area is 162 Å². The minimum absolute atomic E-state index is 0.196. The predicted molar refractivity (Wildman–Crippen MR) is 108 cm³/mol. The van der Waals surface area contributed by atoms with Gasteiger partial charge in [-0.05, 0) is 73.4 Å². The second-order valence-electron chi connectivity index (χ2n) is 8.25. The van der Waals surface area contributed by atoms with Crippen molar-refractivity contribution in [3.63, 3.8) is 0 Å². The maximum absolute atomic E-state index is 12.9. The van der Waals surface area contributed by atoms with Gasteiger partial charge < -0.3 is 10.2 Å². The number of pyridine rings is 1. The van der Waals surface area contributed by atoms with Crippen LogP contribution in [0.5, 0.6) is 0 Å². The van der Waals surface area contributed by atoms with Gasteiger partial charge in [0.1, 0.15) is 0 Å². The first kappa shape index (κ1) is 18.2. The Morgan fingerprint density at radius 1 is 1.15 bits per heavy atom. The van der Waals surface area contributed by atoms with Crippen LogP contribution < -0.4 is 5.32 Å². The number of benzene rings is 1. The van der Waals surface area contributed by atoms with Gasteiger partial charge in [-0.15, -0.1) is 0 Å². The molecule has 2 aliphatic rings. The molecule has 4 rings (SSSR count). The fraction of sp³-hybridized carbons (Fsp3) is 0.478. The zero-order chi connectivity index (χ0) is 18.7. The third-order valence-electron chi connectivity index (χ3n) is 6.09. The zero-order valence-electron chi connectivity index (χ0n) is 16.2. The van der Waals surface area contributed by atoms with Gasteiger partial charge in [0.05, 0.1) is 5.41 Å². The predicted octanol–water partition coefficient (Wildman–Crippen LogP) is 3.53. The fourth-order valence-electron chi connectivity index (χ4n) is 4.47. The van der Waals surface area contributed by atoms with Crippen molar-refractivity contribution in [2.24, 2.45) is 11.3 Å². The first-order chi connectivity index (χ1) is 13.2. The number of aromatic nitrogens is 1. The first-order valence-electron chi connectivity index (χ1n) is 10.1. The van der Waals surface area contributed by atoms with Crippen molar-refractivity contribution in [2.75, 3.05) is 26.7 Å². The summed E-state index contributed by atoms with van der Waals surface area (Å²) < 4.78 is 0. The van der Waals surface area contributed by atoms with E-state index in [2.05, 4.69) is 39.5 Å². The highest BCUT2D eigenvalue weighted by molar-refractivity contribution is 5.83. The molecule has 142 valence electrons. The Bertz CT molecular complexity index is 770. The van der Waals surface area contributed by atoms with Crippen molar-refractivity contribution in [1.82, 2.24) is 15.2 Å². The number of hydrogen-bond donors (Lipinski definition) is 1. The van der Waals surface area contributed by atoms with Gasteiger partial charge in [0.2, 0.25) is 5.91 Å². The lowest BCUT2D eigenvalue weighted by atomic mass is 9.74. The number of hydrogen-bond acceptors (Lipinski definition) is 3. The van der Waals surface area contributed by atoms with Crippen LogP contribution in [0.2, 0.25) is 0 Å². The third-order valence-corrected chi connectivity index (χ3v) is 6.09. The first-order valence-corrected chi connectivity index (χ1v) is 10.1. The molecule has 1 amide bonds. The van der Waals surface area contributed by atoms with E-state index in [4.69, 9.17) is 0 Å². The third kappa shape index (κ3) is 4.22.